The molecule has 0 bridgehead atoms. The van der Waals surface area contributed by atoms with Crippen molar-refractivity contribution >= 4 is 11.6 Å². The maximum Gasteiger partial charge on any atom is 0.216 e. The molecule has 0 fully saturated rings. The quantitative estimate of drug-likeness (QED) is 0.810. The third-order valence-electron chi connectivity index (χ3n) is 2.50. The summed E-state index contributed by atoms with van der Waals surface area (Å²) >= 11 is 0. The van der Waals surface area contributed by atoms with Crippen molar-refractivity contribution < 1.29 is 9.53 Å². The molecule has 0 aliphatic heterocycles. The number of pyridine rings is 1. The molecule has 92 valence electrons. The van der Waals surface area contributed by atoms with Crippen LogP contribution in [0.3, 0.4) is 0 Å². The lowest BCUT2D eigenvalue weighted by atomic mass is 10.0. The van der Waals surface area contributed by atoms with E-state index >= 15 is 0 Å². The highest BCUT2D eigenvalue weighted by molar-refractivity contribution is 6.11. The summed E-state index contributed by atoms with van der Waals surface area (Å²) in [5.41, 5.74) is 7.06. The van der Waals surface area contributed by atoms with Gasteiger partial charge in [0.05, 0.1) is 12.7 Å². The van der Waals surface area contributed by atoms with Gasteiger partial charge in [-0.15, -0.1) is 0 Å². The Morgan fingerprint density at radius 1 is 1.33 bits per heavy atom. The normalized spacial score (nSPS) is 10.1. The van der Waals surface area contributed by atoms with Gasteiger partial charge in [0.1, 0.15) is 17.8 Å². The molecule has 0 unspecified atom stereocenters. The molecule has 0 spiro atoms. The number of aryl methyl sites for hydroxylation is 1. The molecule has 0 saturated heterocycles. The molecule has 0 amide bonds. The Hall–Kier alpha value is -2.50. The Bertz CT molecular complexity index is 578. The maximum absolute atomic E-state index is 12.3. The minimum Gasteiger partial charge on any atom is -0.481 e. The van der Waals surface area contributed by atoms with Gasteiger partial charge in [0.15, 0.2) is 0 Å². The number of aromatic nitrogens is 3. The monoisotopic (exact) mass is 244 g/mol. The number of ether oxygens (including phenoxy) is 1. The molecule has 2 heterocycles. The SMILES string of the molecule is COc1cc(C(=O)c2c(C)ccnc2N)ncn1. The van der Waals surface area contributed by atoms with Gasteiger partial charge in [0, 0.05) is 12.3 Å². The minimum absolute atomic E-state index is 0.192. The zero-order valence-electron chi connectivity index (χ0n) is 10.0. The number of hydrogen-bond acceptors (Lipinski definition) is 6. The van der Waals surface area contributed by atoms with E-state index < -0.39 is 0 Å². The van der Waals surface area contributed by atoms with Crippen molar-refractivity contribution in [3.05, 3.63) is 41.5 Å². The van der Waals surface area contributed by atoms with E-state index in [-0.39, 0.29) is 17.3 Å². The Balaban J connectivity index is 2.48. The fourth-order valence-corrected chi connectivity index (χ4v) is 1.58. The van der Waals surface area contributed by atoms with Crippen molar-refractivity contribution in [2.75, 3.05) is 12.8 Å². The van der Waals surface area contributed by atoms with Gasteiger partial charge >= 0.3 is 0 Å². The summed E-state index contributed by atoms with van der Waals surface area (Å²) in [5, 5.41) is 0. The third kappa shape index (κ3) is 2.13. The number of anilines is 1. The summed E-state index contributed by atoms with van der Waals surface area (Å²) in [7, 11) is 1.47. The van der Waals surface area contributed by atoms with Crippen LogP contribution in [0.2, 0.25) is 0 Å². The lowest BCUT2D eigenvalue weighted by Crippen LogP contribution is -2.11. The number of carbonyl (C=O) groups is 1. The maximum atomic E-state index is 12.3. The Labute approximate surface area is 104 Å². The summed E-state index contributed by atoms with van der Waals surface area (Å²) in [6, 6.07) is 3.19. The van der Waals surface area contributed by atoms with Gasteiger partial charge < -0.3 is 10.5 Å². The van der Waals surface area contributed by atoms with E-state index in [9.17, 15) is 4.79 Å². The van der Waals surface area contributed by atoms with Gasteiger partial charge in [-0.2, -0.15) is 0 Å². The molecule has 0 aromatic carbocycles. The van der Waals surface area contributed by atoms with Gasteiger partial charge in [-0.05, 0) is 18.6 Å². The molecule has 6 heteroatoms. The molecule has 18 heavy (non-hydrogen) atoms. The molecule has 0 aliphatic rings. The molecule has 0 aliphatic carbocycles. The van der Waals surface area contributed by atoms with E-state index in [0.717, 1.165) is 5.56 Å². The van der Waals surface area contributed by atoms with Crippen LogP contribution in [-0.4, -0.2) is 27.8 Å². The first-order valence-corrected chi connectivity index (χ1v) is 5.25. The van der Waals surface area contributed by atoms with Crippen LogP contribution in [0.4, 0.5) is 5.82 Å². The minimum atomic E-state index is -0.293. The summed E-state index contributed by atoms with van der Waals surface area (Å²) in [4.78, 5) is 24.0. The van der Waals surface area contributed by atoms with E-state index in [0.29, 0.717) is 11.4 Å². The largest absolute Gasteiger partial charge is 0.481 e. The van der Waals surface area contributed by atoms with Crippen molar-refractivity contribution in [3.63, 3.8) is 0 Å². The van der Waals surface area contributed by atoms with Crippen LogP contribution in [0.25, 0.3) is 0 Å². The summed E-state index contributed by atoms with van der Waals surface area (Å²) in [6.45, 7) is 1.80. The number of hydrogen-bond donors (Lipinski definition) is 1. The second kappa shape index (κ2) is 4.79. The summed E-state index contributed by atoms with van der Waals surface area (Å²) in [5.74, 6) is 0.227. The van der Waals surface area contributed by atoms with Crippen LogP contribution in [0.5, 0.6) is 5.88 Å². The second-order valence-corrected chi connectivity index (χ2v) is 3.66. The van der Waals surface area contributed by atoms with Crippen molar-refractivity contribution in [3.8, 4) is 5.88 Å². The van der Waals surface area contributed by atoms with Crippen molar-refractivity contribution in [1.82, 2.24) is 15.0 Å². The van der Waals surface area contributed by atoms with Crippen molar-refractivity contribution in [2.45, 2.75) is 6.92 Å². The number of nitrogens with two attached hydrogens (primary N) is 1. The van der Waals surface area contributed by atoms with E-state index in [4.69, 9.17) is 10.5 Å². The van der Waals surface area contributed by atoms with Crippen LogP contribution in [-0.2, 0) is 0 Å². The average molecular weight is 244 g/mol. The van der Waals surface area contributed by atoms with Crippen LogP contribution < -0.4 is 10.5 Å². The van der Waals surface area contributed by atoms with E-state index in [1.807, 2.05) is 0 Å². The molecule has 0 atom stereocenters. The predicted octanol–water partition coefficient (Wildman–Crippen LogP) is 1.00. The lowest BCUT2D eigenvalue weighted by Gasteiger charge is -2.07. The molecule has 2 rings (SSSR count). The highest BCUT2D eigenvalue weighted by Crippen LogP contribution is 2.18. The smallest absolute Gasteiger partial charge is 0.216 e. The molecule has 2 aromatic heterocycles. The Kier molecular flexibility index (Phi) is 3.18. The van der Waals surface area contributed by atoms with Gasteiger partial charge in [-0.25, -0.2) is 15.0 Å². The summed E-state index contributed by atoms with van der Waals surface area (Å²) in [6.07, 6.45) is 2.83. The first-order valence-electron chi connectivity index (χ1n) is 5.25. The van der Waals surface area contributed by atoms with Gasteiger partial charge in [-0.1, -0.05) is 0 Å². The Morgan fingerprint density at radius 2 is 2.11 bits per heavy atom. The number of nitrogen functional groups attached to an aromatic ring is 1. The number of rotatable bonds is 3. The van der Waals surface area contributed by atoms with E-state index in [1.54, 1.807) is 19.2 Å². The summed E-state index contributed by atoms with van der Waals surface area (Å²) < 4.78 is 4.95. The second-order valence-electron chi connectivity index (χ2n) is 3.66. The number of ketones is 1. The van der Waals surface area contributed by atoms with Crippen molar-refractivity contribution in [2.24, 2.45) is 0 Å². The van der Waals surface area contributed by atoms with Gasteiger partial charge in [0.2, 0.25) is 11.7 Å². The zero-order valence-corrected chi connectivity index (χ0v) is 10.0. The van der Waals surface area contributed by atoms with Crippen LogP contribution in [0, 0.1) is 6.92 Å². The molecule has 0 radical (unpaired) electrons. The lowest BCUT2D eigenvalue weighted by molar-refractivity contribution is 0.103. The fourth-order valence-electron chi connectivity index (χ4n) is 1.58. The number of methoxy groups -OCH3 is 1. The van der Waals surface area contributed by atoms with E-state index in [1.165, 1.54) is 19.5 Å². The first kappa shape index (κ1) is 12.0. The molecule has 6 nitrogen and oxygen atoms in total. The predicted molar refractivity (Wildman–Crippen MR) is 65.4 cm³/mol. The van der Waals surface area contributed by atoms with Crippen LogP contribution >= 0.6 is 0 Å². The van der Waals surface area contributed by atoms with Crippen LogP contribution in [0.1, 0.15) is 21.6 Å². The Morgan fingerprint density at radius 3 is 2.78 bits per heavy atom. The number of carbonyl (C=O) groups excluding carboxylic acids is 1. The number of nitrogens with zero attached hydrogens (tertiary/aromatic N) is 3. The topological polar surface area (TPSA) is 91.0 Å². The van der Waals surface area contributed by atoms with Crippen LogP contribution in [0.15, 0.2) is 24.7 Å². The van der Waals surface area contributed by atoms with Gasteiger partial charge in [-0.3, -0.25) is 4.79 Å². The van der Waals surface area contributed by atoms with Crippen molar-refractivity contribution in [1.29, 1.82) is 0 Å². The highest BCUT2D eigenvalue weighted by atomic mass is 16.5. The fraction of sp³-hybridized carbons (Fsp3) is 0.167. The zero-order chi connectivity index (χ0) is 13.1. The van der Waals surface area contributed by atoms with Gasteiger partial charge in [0.25, 0.3) is 0 Å². The first-order chi connectivity index (χ1) is 8.63. The molecule has 0 saturated carbocycles. The molecular formula is C12H12N4O2. The average Bonchev–Trinajstić information content (AvgIpc) is 2.38. The van der Waals surface area contributed by atoms with E-state index in [2.05, 4.69) is 15.0 Å². The molecule has 2 N–H and O–H groups in total. The third-order valence-corrected chi connectivity index (χ3v) is 2.50. The molecule has 2 aromatic rings. The molecular weight excluding hydrogens is 232 g/mol. The highest BCUT2D eigenvalue weighted by Gasteiger charge is 2.17. The standard InChI is InChI=1S/C12H12N4O2/c1-7-3-4-14-12(13)10(7)11(17)8-5-9(18-2)16-6-15-8/h3-6H,1-2H3,(H2,13,14).